The van der Waals surface area contributed by atoms with Crippen LogP contribution in [0, 0.1) is 11.3 Å². The van der Waals surface area contributed by atoms with Gasteiger partial charge < -0.3 is 4.90 Å². The molecule has 1 rings (SSSR count). The highest BCUT2D eigenvalue weighted by Gasteiger charge is 2.45. The molecule has 0 aliphatic heterocycles. The van der Waals surface area contributed by atoms with E-state index in [9.17, 15) is 0 Å². The Morgan fingerprint density at radius 3 is 2.00 bits per heavy atom. The fourth-order valence-electron chi connectivity index (χ4n) is 1.33. The molecule has 0 aromatic rings. The predicted molar refractivity (Wildman–Crippen MR) is 40.4 cm³/mol. The van der Waals surface area contributed by atoms with Gasteiger partial charge in [0.2, 0.25) is 0 Å². The van der Waals surface area contributed by atoms with Gasteiger partial charge in [0.05, 0.1) is 0 Å². The van der Waals surface area contributed by atoms with Gasteiger partial charge in [-0.3, -0.25) is 0 Å². The minimum Gasteiger partial charge on any atom is -0.309 e. The molecule has 0 saturated heterocycles. The monoisotopic (exact) mass is 127 g/mol. The van der Waals surface area contributed by atoms with Crippen molar-refractivity contribution in [1.29, 1.82) is 0 Å². The quantitative estimate of drug-likeness (QED) is 0.544. The third kappa shape index (κ3) is 1.68. The molecule has 1 unspecified atom stereocenters. The maximum atomic E-state index is 2.35. The normalized spacial score (nSPS) is 31.0. The van der Waals surface area contributed by atoms with E-state index in [0.29, 0.717) is 5.41 Å². The van der Waals surface area contributed by atoms with E-state index in [0.717, 1.165) is 5.92 Å². The molecule has 1 fully saturated rings. The van der Waals surface area contributed by atoms with Crippen molar-refractivity contribution < 1.29 is 0 Å². The highest BCUT2D eigenvalue weighted by molar-refractivity contribution is 4.95. The lowest BCUT2D eigenvalue weighted by atomic mass is 10.1. The first-order valence-corrected chi connectivity index (χ1v) is 3.67. The summed E-state index contributed by atoms with van der Waals surface area (Å²) in [4.78, 5) is 2.28. The Labute approximate surface area is 58.0 Å². The smallest absolute Gasteiger partial charge is 0.000887 e. The summed E-state index contributed by atoms with van der Waals surface area (Å²) in [5, 5.41) is 0. The van der Waals surface area contributed by atoms with E-state index in [1.807, 2.05) is 0 Å². The molecule has 0 aromatic heterocycles. The Morgan fingerprint density at radius 2 is 1.89 bits per heavy atom. The van der Waals surface area contributed by atoms with Crippen LogP contribution in [-0.4, -0.2) is 25.5 Å². The van der Waals surface area contributed by atoms with Crippen LogP contribution in [0.15, 0.2) is 0 Å². The van der Waals surface area contributed by atoms with Crippen molar-refractivity contribution in [2.24, 2.45) is 11.3 Å². The first-order valence-electron chi connectivity index (χ1n) is 3.67. The molecule has 1 aliphatic rings. The van der Waals surface area contributed by atoms with E-state index in [2.05, 4.69) is 32.8 Å². The van der Waals surface area contributed by atoms with Crippen molar-refractivity contribution >= 4 is 0 Å². The van der Waals surface area contributed by atoms with Crippen LogP contribution in [0.4, 0.5) is 0 Å². The Hall–Kier alpha value is -0.0400. The lowest BCUT2D eigenvalue weighted by molar-refractivity contribution is 0.360. The van der Waals surface area contributed by atoms with E-state index in [1.165, 1.54) is 13.0 Å². The molecule has 0 aromatic carbocycles. The molecule has 0 N–H and O–H groups in total. The second-order valence-electron chi connectivity index (χ2n) is 4.15. The Morgan fingerprint density at radius 1 is 1.44 bits per heavy atom. The van der Waals surface area contributed by atoms with Crippen LogP contribution in [0.2, 0.25) is 0 Å². The number of hydrogen-bond acceptors (Lipinski definition) is 1. The summed E-state index contributed by atoms with van der Waals surface area (Å²) in [5.74, 6) is 0.965. The van der Waals surface area contributed by atoms with Gasteiger partial charge in [-0.15, -0.1) is 0 Å². The predicted octanol–water partition coefficient (Wildman–Crippen LogP) is 1.59. The Balaban J connectivity index is 2.20. The maximum absolute atomic E-state index is 2.35. The molecular weight excluding hydrogens is 110 g/mol. The average Bonchev–Trinajstić information content (AvgIpc) is 2.10. The van der Waals surface area contributed by atoms with Gasteiger partial charge in [-0.05, 0) is 31.8 Å². The van der Waals surface area contributed by atoms with Crippen molar-refractivity contribution in [3.63, 3.8) is 0 Å². The Bertz CT molecular complexity index is 105. The first kappa shape index (κ1) is 7.07. The maximum Gasteiger partial charge on any atom is 0.000887 e. The van der Waals surface area contributed by atoms with Crippen LogP contribution in [0.3, 0.4) is 0 Å². The minimum absolute atomic E-state index is 0.657. The third-order valence-corrected chi connectivity index (χ3v) is 2.30. The molecule has 0 amide bonds. The highest BCUT2D eigenvalue weighted by Crippen LogP contribution is 2.51. The van der Waals surface area contributed by atoms with E-state index in [-0.39, 0.29) is 0 Å². The van der Waals surface area contributed by atoms with Crippen molar-refractivity contribution in [3.05, 3.63) is 0 Å². The van der Waals surface area contributed by atoms with Gasteiger partial charge in [-0.25, -0.2) is 0 Å². The lowest BCUT2D eigenvalue weighted by Crippen LogP contribution is -2.16. The average molecular weight is 127 g/mol. The molecule has 1 saturated carbocycles. The van der Waals surface area contributed by atoms with Crippen LogP contribution in [0.25, 0.3) is 0 Å². The standard InChI is InChI=1S/C8H17N/c1-8(2)5-7(8)6-9(3)4/h7H,5-6H2,1-4H3. The van der Waals surface area contributed by atoms with E-state index in [1.54, 1.807) is 0 Å². The zero-order chi connectivity index (χ0) is 7.07. The Kier molecular flexibility index (Phi) is 1.55. The van der Waals surface area contributed by atoms with Crippen LogP contribution >= 0.6 is 0 Å². The fraction of sp³-hybridized carbons (Fsp3) is 1.00. The summed E-state index contributed by atoms with van der Waals surface area (Å²) in [5.41, 5.74) is 0.657. The third-order valence-electron chi connectivity index (χ3n) is 2.30. The number of rotatable bonds is 2. The lowest BCUT2D eigenvalue weighted by Gasteiger charge is -2.09. The fourth-order valence-corrected chi connectivity index (χ4v) is 1.33. The van der Waals surface area contributed by atoms with Gasteiger partial charge >= 0.3 is 0 Å². The summed E-state index contributed by atoms with van der Waals surface area (Å²) >= 11 is 0. The molecule has 1 atom stereocenters. The summed E-state index contributed by atoms with van der Waals surface area (Å²) < 4.78 is 0. The van der Waals surface area contributed by atoms with Gasteiger partial charge in [-0.1, -0.05) is 13.8 Å². The molecule has 1 nitrogen and oxygen atoms in total. The molecule has 54 valence electrons. The van der Waals surface area contributed by atoms with Crippen LogP contribution in [0.5, 0.6) is 0 Å². The van der Waals surface area contributed by atoms with Gasteiger partial charge in [0, 0.05) is 6.54 Å². The summed E-state index contributed by atoms with van der Waals surface area (Å²) in [6.45, 7) is 5.97. The van der Waals surface area contributed by atoms with E-state index >= 15 is 0 Å². The molecule has 0 heterocycles. The SMILES string of the molecule is CN(C)CC1CC1(C)C. The minimum atomic E-state index is 0.657. The van der Waals surface area contributed by atoms with Crippen molar-refractivity contribution in [2.75, 3.05) is 20.6 Å². The highest BCUT2D eigenvalue weighted by atomic mass is 15.1. The van der Waals surface area contributed by atoms with Crippen molar-refractivity contribution in [1.82, 2.24) is 4.90 Å². The largest absolute Gasteiger partial charge is 0.309 e. The number of hydrogen-bond donors (Lipinski definition) is 0. The van der Waals surface area contributed by atoms with Crippen LogP contribution in [0.1, 0.15) is 20.3 Å². The van der Waals surface area contributed by atoms with Crippen LogP contribution < -0.4 is 0 Å². The summed E-state index contributed by atoms with van der Waals surface area (Å²) in [7, 11) is 4.29. The molecular formula is C8H17N. The summed E-state index contributed by atoms with van der Waals surface area (Å²) in [6.07, 6.45) is 1.42. The molecule has 1 heteroatoms. The van der Waals surface area contributed by atoms with Gasteiger partial charge in [0.15, 0.2) is 0 Å². The number of nitrogens with zero attached hydrogens (tertiary/aromatic N) is 1. The second kappa shape index (κ2) is 1.98. The van der Waals surface area contributed by atoms with Crippen molar-refractivity contribution in [3.8, 4) is 0 Å². The second-order valence-corrected chi connectivity index (χ2v) is 4.15. The van der Waals surface area contributed by atoms with E-state index in [4.69, 9.17) is 0 Å². The van der Waals surface area contributed by atoms with Crippen molar-refractivity contribution in [2.45, 2.75) is 20.3 Å². The summed E-state index contributed by atoms with van der Waals surface area (Å²) in [6, 6.07) is 0. The molecule has 9 heavy (non-hydrogen) atoms. The topological polar surface area (TPSA) is 3.24 Å². The van der Waals surface area contributed by atoms with E-state index < -0.39 is 0 Å². The molecule has 0 spiro atoms. The zero-order valence-corrected chi connectivity index (χ0v) is 6.94. The zero-order valence-electron chi connectivity index (χ0n) is 6.94. The van der Waals surface area contributed by atoms with Crippen LogP contribution in [-0.2, 0) is 0 Å². The molecule has 0 bridgehead atoms. The van der Waals surface area contributed by atoms with Gasteiger partial charge in [0.25, 0.3) is 0 Å². The first-order chi connectivity index (χ1) is 4.02. The molecule has 1 aliphatic carbocycles. The molecule has 0 radical (unpaired) electrons. The van der Waals surface area contributed by atoms with Gasteiger partial charge in [-0.2, -0.15) is 0 Å². The van der Waals surface area contributed by atoms with Gasteiger partial charge in [0.1, 0.15) is 0 Å².